The van der Waals surface area contributed by atoms with Gasteiger partial charge in [-0.05, 0) is 17.2 Å². The van der Waals surface area contributed by atoms with Crippen LogP contribution in [0.5, 0.6) is 0 Å². The quantitative estimate of drug-likeness (QED) is 0.634. The molecule has 0 saturated carbocycles. The maximum atomic E-state index is 13.3. The van der Waals surface area contributed by atoms with Crippen molar-refractivity contribution < 1.29 is 22.5 Å². The number of nitrogens with two attached hydrogens (primary N) is 1. The van der Waals surface area contributed by atoms with Crippen LogP contribution in [0.4, 0.5) is 24.8 Å². The lowest BCUT2D eigenvalue weighted by Gasteiger charge is -2.13. The molecule has 1 aromatic carbocycles. The Morgan fingerprint density at radius 1 is 1.13 bits per heavy atom. The van der Waals surface area contributed by atoms with Crippen molar-refractivity contribution in [3.05, 3.63) is 59.5 Å². The molecule has 0 bridgehead atoms. The molecule has 2 heterocycles. The predicted octanol–water partition coefficient (Wildman–Crippen LogP) is 4.82. The number of nitrogens with zero attached hydrogens (tertiary/aromatic N) is 2. The molecule has 30 heavy (non-hydrogen) atoms. The van der Waals surface area contributed by atoms with Gasteiger partial charge >= 0.3 is 6.18 Å². The van der Waals surface area contributed by atoms with Crippen LogP contribution in [-0.4, -0.2) is 16.0 Å². The van der Waals surface area contributed by atoms with Gasteiger partial charge in [-0.1, -0.05) is 50.2 Å². The maximum absolute atomic E-state index is 13.3. The van der Waals surface area contributed by atoms with Crippen LogP contribution in [0.25, 0.3) is 11.1 Å². The lowest BCUT2D eigenvalue weighted by Crippen LogP contribution is -2.14. The predicted molar refractivity (Wildman–Crippen MR) is 107 cm³/mol. The van der Waals surface area contributed by atoms with Gasteiger partial charge in [0.05, 0.1) is 12.0 Å². The fourth-order valence-corrected chi connectivity index (χ4v) is 2.80. The van der Waals surface area contributed by atoms with Crippen LogP contribution < -0.4 is 11.1 Å². The second-order valence-electron chi connectivity index (χ2n) is 7.90. The minimum atomic E-state index is -4.56. The monoisotopic (exact) mass is 418 g/mol. The number of anilines is 2. The summed E-state index contributed by atoms with van der Waals surface area (Å²) in [6.07, 6.45) is -3.43. The van der Waals surface area contributed by atoms with Crippen LogP contribution in [0.3, 0.4) is 0 Å². The molecular formula is C21H21F3N4O2. The topological polar surface area (TPSA) is 94.0 Å². The Kier molecular flexibility index (Phi) is 5.56. The van der Waals surface area contributed by atoms with E-state index in [1.54, 1.807) is 18.2 Å². The maximum Gasteiger partial charge on any atom is 0.417 e. The highest BCUT2D eigenvalue weighted by atomic mass is 19.4. The summed E-state index contributed by atoms with van der Waals surface area (Å²) in [4.78, 5) is 16.0. The first-order valence-electron chi connectivity index (χ1n) is 9.12. The molecule has 3 N–H and O–H groups in total. The number of benzene rings is 1. The number of pyridine rings is 1. The normalized spacial score (nSPS) is 12.1. The van der Waals surface area contributed by atoms with Gasteiger partial charge in [-0.25, -0.2) is 4.98 Å². The van der Waals surface area contributed by atoms with Gasteiger partial charge in [0.15, 0.2) is 5.82 Å². The van der Waals surface area contributed by atoms with Crippen molar-refractivity contribution in [3.8, 4) is 11.1 Å². The second kappa shape index (κ2) is 7.81. The number of halogens is 3. The fraction of sp³-hybridized carbons (Fsp3) is 0.286. The number of hydrogen-bond donors (Lipinski definition) is 2. The van der Waals surface area contributed by atoms with Crippen LogP contribution in [0, 0.1) is 0 Å². The van der Waals surface area contributed by atoms with Crippen molar-refractivity contribution in [2.75, 3.05) is 11.1 Å². The van der Waals surface area contributed by atoms with Crippen molar-refractivity contribution in [3.63, 3.8) is 0 Å². The van der Waals surface area contributed by atoms with Crippen LogP contribution >= 0.6 is 0 Å². The zero-order valence-corrected chi connectivity index (χ0v) is 16.7. The van der Waals surface area contributed by atoms with E-state index < -0.39 is 11.7 Å². The van der Waals surface area contributed by atoms with Crippen molar-refractivity contribution in [1.29, 1.82) is 0 Å². The van der Waals surface area contributed by atoms with Gasteiger partial charge in [0, 0.05) is 23.2 Å². The first-order valence-corrected chi connectivity index (χ1v) is 9.12. The van der Waals surface area contributed by atoms with E-state index >= 15 is 0 Å². The number of aromatic nitrogens is 2. The number of nitrogens with one attached hydrogen (secondary N) is 1. The molecule has 3 rings (SSSR count). The van der Waals surface area contributed by atoms with Crippen molar-refractivity contribution in [1.82, 2.24) is 10.1 Å². The molecule has 3 aromatic rings. The molecule has 0 unspecified atom stereocenters. The van der Waals surface area contributed by atoms with Crippen molar-refractivity contribution in [2.45, 2.75) is 38.8 Å². The number of rotatable bonds is 4. The van der Waals surface area contributed by atoms with Gasteiger partial charge in [0.25, 0.3) is 0 Å². The summed E-state index contributed by atoms with van der Waals surface area (Å²) in [5.41, 5.74) is 5.18. The van der Waals surface area contributed by atoms with E-state index in [1.165, 1.54) is 12.1 Å². The molecule has 0 aliphatic heterocycles. The van der Waals surface area contributed by atoms with E-state index in [0.717, 1.165) is 12.3 Å². The molecule has 0 fully saturated rings. The largest absolute Gasteiger partial charge is 0.417 e. The van der Waals surface area contributed by atoms with Crippen molar-refractivity contribution >= 4 is 17.5 Å². The molecule has 0 aliphatic carbocycles. The zero-order chi connectivity index (χ0) is 22.1. The van der Waals surface area contributed by atoms with Gasteiger partial charge in [0.2, 0.25) is 5.91 Å². The van der Waals surface area contributed by atoms with Crippen LogP contribution in [-0.2, 0) is 22.8 Å². The summed E-state index contributed by atoms with van der Waals surface area (Å²) in [7, 11) is 0. The summed E-state index contributed by atoms with van der Waals surface area (Å²) in [5, 5.41) is 6.48. The van der Waals surface area contributed by atoms with E-state index in [0.29, 0.717) is 22.7 Å². The molecule has 0 saturated heterocycles. The van der Waals surface area contributed by atoms with E-state index in [2.05, 4.69) is 15.5 Å². The van der Waals surface area contributed by atoms with Gasteiger partial charge in [-0.15, -0.1) is 0 Å². The SMILES string of the molecule is CC(C)(C)c1cc(NC(=O)Cc2ccc(-c3cnc(N)cc3C(F)(F)F)cc2)no1. The van der Waals surface area contributed by atoms with E-state index in [9.17, 15) is 18.0 Å². The Hall–Kier alpha value is -3.36. The number of alkyl halides is 3. The Bertz CT molecular complexity index is 1050. The van der Waals surface area contributed by atoms with E-state index in [4.69, 9.17) is 10.3 Å². The van der Waals surface area contributed by atoms with E-state index in [-0.39, 0.29) is 29.1 Å². The molecule has 6 nitrogen and oxygen atoms in total. The Morgan fingerprint density at radius 3 is 2.37 bits per heavy atom. The molecule has 0 aliphatic rings. The van der Waals surface area contributed by atoms with Gasteiger partial charge < -0.3 is 15.6 Å². The third-order valence-electron chi connectivity index (χ3n) is 4.38. The van der Waals surface area contributed by atoms with Gasteiger partial charge in [0.1, 0.15) is 11.6 Å². The Labute approximate surface area is 171 Å². The lowest BCUT2D eigenvalue weighted by atomic mass is 9.93. The summed E-state index contributed by atoms with van der Waals surface area (Å²) in [6.45, 7) is 5.88. The second-order valence-corrected chi connectivity index (χ2v) is 7.90. The Balaban J connectivity index is 1.72. The Morgan fingerprint density at radius 2 is 1.80 bits per heavy atom. The van der Waals surface area contributed by atoms with Crippen LogP contribution in [0.1, 0.15) is 37.7 Å². The average Bonchev–Trinajstić information content (AvgIpc) is 3.10. The standard InChI is InChI=1S/C21H21F3N4O2/c1-20(2,3)16-10-18(28-30-16)27-19(29)8-12-4-6-13(7-5-12)14-11-26-17(25)9-15(14)21(22,23)24/h4-7,9-11H,8H2,1-3H3,(H2,25,26)(H,27,28,29). The molecule has 2 aromatic heterocycles. The van der Waals surface area contributed by atoms with Crippen molar-refractivity contribution in [2.24, 2.45) is 0 Å². The highest BCUT2D eigenvalue weighted by molar-refractivity contribution is 5.91. The first-order chi connectivity index (χ1) is 13.9. The lowest BCUT2D eigenvalue weighted by molar-refractivity contribution is -0.137. The summed E-state index contributed by atoms with van der Waals surface area (Å²) < 4.78 is 45.1. The highest BCUT2D eigenvalue weighted by Crippen LogP contribution is 2.37. The summed E-state index contributed by atoms with van der Waals surface area (Å²) in [6, 6.07) is 8.68. The highest BCUT2D eigenvalue weighted by Gasteiger charge is 2.34. The van der Waals surface area contributed by atoms with Gasteiger partial charge in [-0.2, -0.15) is 13.2 Å². The van der Waals surface area contributed by atoms with Crippen LogP contribution in [0.15, 0.2) is 47.1 Å². The van der Waals surface area contributed by atoms with Gasteiger partial charge in [-0.3, -0.25) is 4.79 Å². The minimum absolute atomic E-state index is 0.0319. The average molecular weight is 418 g/mol. The molecular weight excluding hydrogens is 397 g/mol. The van der Waals surface area contributed by atoms with Crippen LogP contribution in [0.2, 0.25) is 0 Å². The van der Waals surface area contributed by atoms with E-state index in [1.807, 2.05) is 20.8 Å². The molecule has 0 radical (unpaired) electrons. The third kappa shape index (κ3) is 4.97. The number of hydrogen-bond acceptors (Lipinski definition) is 5. The zero-order valence-electron chi connectivity index (χ0n) is 16.7. The summed E-state index contributed by atoms with van der Waals surface area (Å²) >= 11 is 0. The number of carbonyl (C=O) groups excluding carboxylic acids is 1. The smallest absolute Gasteiger partial charge is 0.384 e. The molecule has 1 amide bonds. The number of amides is 1. The first kappa shape index (κ1) is 21.4. The number of carbonyl (C=O) groups is 1. The minimum Gasteiger partial charge on any atom is -0.384 e. The fourth-order valence-electron chi connectivity index (χ4n) is 2.80. The summed E-state index contributed by atoms with van der Waals surface area (Å²) in [5.74, 6) is 0.424. The molecule has 158 valence electrons. The molecule has 0 spiro atoms. The number of nitrogen functional groups attached to an aromatic ring is 1. The third-order valence-corrected chi connectivity index (χ3v) is 4.38. The molecule has 9 heteroatoms. The molecule has 0 atom stereocenters.